The van der Waals surface area contributed by atoms with Crippen LogP contribution in [-0.4, -0.2) is 20.6 Å². The third kappa shape index (κ3) is 3.16. The highest BCUT2D eigenvalue weighted by Gasteiger charge is 2.23. The molecule has 1 aromatic heterocycles. The van der Waals surface area contributed by atoms with Gasteiger partial charge in [-0.3, -0.25) is 14.9 Å². The van der Waals surface area contributed by atoms with Gasteiger partial charge in [0.1, 0.15) is 22.9 Å². The summed E-state index contributed by atoms with van der Waals surface area (Å²) in [6.45, 7) is 3.25. The molecule has 8 heteroatoms. The van der Waals surface area contributed by atoms with Crippen molar-refractivity contribution in [3.63, 3.8) is 0 Å². The van der Waals surface area contributed by atoms with E-state index in [1.807, 2.05) is 0 Å². The first-order chi connectivity index (χ1) is 12.4. The molecule has 0 unspecified atom stereocenters. The number of nitrogens with zero attached hydrogens (tertiary/aromatic N) is 3. The van der Waals surface area contributed by atoms with Crippen LogP contribution >= 0.6 is 0 Å². The van der Waals surface area contributed by atoms with E-state index in [2.05, 4.69) is 10.4 Å². The molecule has 0 atom stereocenters. The van der Waals surface area contributed by atoms with Gasteiger partial charge in [-0.15, -0.1) is 0 Å². The van der Waals surface area contributed by atoms with Gasteiger partial charge in [0.25, 0.3) is 11.6 Å². The summed E-state index contributed by atoms with van der Waals surface area (Å²) in [6.07, 6.45) is 0. The molecule has 3 aromatic rings. The Morgan fingerprint density at radius 1 is 1.19 bits per heavy atom. The minimum absolute atomic E-state index is 0.0751. The minimum Gasteiger partial charge on any atom is -0.306 e. The summed E-state index contributed by atoms with van der Waals surface area (Å²) in [5.41, 5.74) is 0.756. The number of anilines is 1. The smallest absolute Gasteiger partial charge is 0.285 e. The molecule has 0 aliphatic heterocycles. The Kier molecular flexibility index (Phi) is 4.49. The van der Waals surface area contributed by atoms with Crippen LogP contribution in [0.15, 0.2) is 48.5 Å². The molecule has 1 amide bonds. The molecule has 1 N–H and O–H groups in total. The number of carbonyl (C=O) groups excluding carboxylic acids is 1. The van der Waals surface area contributed by atoms with Crippen LogP contribution in [0.1, 0.15) is 21.6 Å². The largest absolute Gasteiger partial charge is 0.306 e. The van der Waals surface area contributed by atoms with Crippen LogP contribution in [0, 0.1) is 29.8 Å². The van der Waals surface area contributed by atoms with Crippen molar-refractivity contribution in [2.24, 2.45) is 0 Å². The van der Waals surface area contributed by atoms with Crippen molar-refractivity contribution >= 4 is 17.4 Å². The van der Waals surface area contributed by atoms with E-state index in [4.69, 9.17) is 0 Å². The summed E-state index contributed by atoms with van der Waals surface area (Å²) in [4.78, 5) is 23.3. The number of hydrogen-bond acceptors (Lipinski definition) is 4. The molecule has 0 fully saturated rings. The van der Waals surface area contributed by atoms with E-state index >= 15 is 0 Å². The van der Waals surface area contributed by atoms with Gasteiger partial charge in [0.2, 0.25) is 0 Å². The molecule has 0 aliphatic rings. The second kappa shape index (κ2) is 6.75. The van der Waals surface area contributed by atoms with Gasteiger partial charge in [-0.2, -0.15) is 5.10 Å². The highest BCUT2D eigenvalue weighted by Crippen LogP contribution is 2.25. The van der Waals surface area contributed by atoms with E-state index in [-0.39, 0.29) is 22.8 Å². The lowest BCUT2D eigenvalue weighted by Gasteiger charge is -2.10. The first-order valence-electron chi connectivity index (χ1n) is 7.75. The molecule has 1 heterocycles. The quantitative estimate of drug-likeness (QED) is 0.570. The second-order valence-electron chi connectivity index (χ2n) is 5.72. The van der Waals surface area contributed by atoms with E-state index in [0.717, 1.165) is 0 Å². The number of amides is 1. The molecule has 7 nitrogen and oxygen atoms in total. The molecule has 26 heavy (non-hydrogen) atoms. The number of aromatic nitrogens is 2. The van der Waals surface area contributed by atoms with Crippen LogP contribution in [0.5, 0.6) is 0 Å². The molecular weight excluding hydrogens is 339 g/mol. The van der Waals surface area contributed by atoms with Gasteiger partial charge < -0.3 is 5.32 Å². The lowest BCUT2D eigenvalue weighted by Crippen LogP contribution is -2.17. The van der Waals surface area contributed by atoms with Gasteiger partial charge in [-0.05, 0) is 32.0 Å². The average Bonchev–Trinajstić information content (AvgIpc) is 2.94. The molecule has 3 rings (SSSR count). The average molecular weight is 354 g/mol. The van der Waals surface area contributed by atoms with Gasteiger partial charge in [0.15, 0.2) is 0 Å². The highest BCUT2D eigenvalue weighted by atomic mass is 19.1. The van der Waals surface area contributed by atoms with E-state index in [0.29, 0.717) is 11.3 Å². The number of nitrogens with one attached hydrogen (secondary N) is 1. The number of rotatable bonds is 4. The van der Waals surface area contributed by atoms with Crippen molar-refractivity contribution in [3.8, 4) is 5.69 Å². The number of nitro groups is 1. The Labute approximate surface area is 148 Å². The van der Waals surface area contributed by atoms with Crippen LogP contribution in [0.4, 0.5) is 15.9 Å². The Morgan fingerprint density at radius 2 is 1.92 bits per heavy atom. The molecule has 0 saturated carbocycles. The zero-order valence-corrected chi connectivity index (χ0v) is 14.1. The van der Waals surface area contributed by atoms with Crippen LogP contribution in [0.25, 0.3) is 5.69 Å². The van der Waals surface area contributed by atoms with E-state index < -0.39 is 16.6 Å². The van der Waals surface area contributed by atoms with Crippen molar-refractivity contribution in [2.75, 3.05) is 5.32 Å². The third-order valence-electron chi connectivity index (χ3n) is 3.82. The molecule has 0 bridgehead atoms. The lowest BCUT2D eigenvalue weighted by atomic mass is 10.1. The van der Waals surface area contributed by atoms with E-state index in [1.165, 1.54) is 22.9 Å². The van der Waals surface area contributed by atoms with Crippen LogP contribution < -0.4 is 5.32 Å². The topological polar surface area (TPSA) is 90.1 Å². The molecule has 2 aromatic carbocycles. The summed E-state index contributed by atoms with van der Waals surface area (Å²) in [7, 11) is 0. The normalized spacial score (nSPS) is 10.6. The molecule has 132 valence electrons. The molecule has 0 radical (unpaired) electrons. The fourth-order valence-corrected chi connectivity index (χ4v) is 2.66. The number of nitro benzene ring substituents is 1. The predicted molar refractivity (Wildman–Crippen MR) is 94.0 cm³/mol. The lowest BCUT2D eigenvalue weighted by molar-refractivity contribution is -0.385. The SMILES string of the molecule is Cc1cc(NC(=O)c2cccc(C)c2[N+](=O)[O-])n(-c2ccccc2F)n1. The molecular formula is C18H15FN4O3. The van der Waals surface area contributed by atoms with Crippen molar-refractivity contribution in [1.82, 2.24) is 9.78 Å². The summed E-state index contributed by atoms with van der Waals surface area (Å²) < 4.78 is 15.3. The highest BCUT2D eigenvalue weighted by molar-refractivity contribution is 6.07. The van der Waals surface area contributed by atoms with Crippen LogP contribution in [0.2, 0.25) is 0 Å². The molecule has 0 saturated heterocycles. The van der Waals surface area contributed by atoms with Gasteiger partial charge in [0, 0.05) is 11.6 Å². The van der Waals surface area contributed by atoms with Gasteiger partial charge >= 0.3 is 0 Å². The van der Waals surface area contributed by atoms with Gasteiger partial charge in [0.05, 0.1) is 10.6 Å². The Balaban J connectivity index is 2.01. The summed E-state index contributed by atoms with van der Waals surface area (Å²) in [5, 5.41) is 18.1. The zero-order valence-electron chi connectivity index (χ0n) is 14.1. The van der Waals surface area contributed by atoms with Gasteiger partial charge in [-0.1, -0.05) is 24.3 Å². The number of para-hydroxylation sites is 2. The maximum absolute atomic E-state index is 14.1. The fraction of sp³-hybridized carbons (Fsp3) is 0.111. The zero-order chi connectivity index (χ0) is 18.8. The third-order valence-corrected chi connectivity index (χ3v) is 3.82. The van der Waals surface area contributed by atoms with Crippen LogP contribution in [0.3, 0.4) is 0 Å². The van der Waals surface area contributed by atoms with Crippen LogP contribution in [-0.2, 0) is 0 Å². The molecule has 0 spiro atoms. The number of carbonyl (C=O) groups is 1. The number of aryl methyl sites for hydroxylation is 2. The maximum atomic E-state index is 14.1. The first-order valence-corrected chi connectivity index (χ1v) is 7.75. The Bertz CT molecular complexity index is 1010. The first kappa shape index (κ1) is 17.3. The summed E-state index contributed by atoms with van der Waals surface area (Å²) >= 11 is 0. The van der Waals surface area contributed by atoms with Gasteiger partial charge in [-0.25, -0.2) is 9.07 Å². The van der Waals surface area contributed by atoms with Crippen molar-refractivity contribution in [3.05, 3.63) is 81.3 Å². The predicted octanol–water partition coefficient (Wildman–Crippen LogP) is 3.79. The summed E-state index contributed by atoms with van der Waals surface area (Å²) in [6, 6.07) is 12.0. The maximum Gasteiger partial charge on any atom is 0.285 e. The van der Waals surface area contributed by atoms with E-state index in [1.54, 1.807) is 44.2 Å². The summed E-state index contributed by atoms with van der Waals surface area (Å²) in [5.74, 6) is -0.959. The number of hydrogen-bond donors (Lipinski definition) is 1. The van der Waals surface area contributed by atoms with E-state index in [9.17, 15) is 19.3 Å². The van der Waals surface area contributed by atoms with Crippen molar-refractivity contribution < 1.29 is 14.1 Å². The fourth-order valence-electron chi connectivity index (χ4n) is 2.66. The standard InChI is InChI=1S/C18H15FN4O3/c1-11-6-5-7-13(17(11)23(25)26)18(24)20-16-10-12(2)21-22(16)15-9-4-3-8-14(15)19/h3-10H,1-2H3,(H,20,24). The Morgan fingerprint density at radius 3 is 2.62 bits per heavy atom. The number of halogens is 1. The van der Waals surface area contributed by atoms with Crippen molar-refractivity contribution in [1.29, 1.82) is 0 Å². The Hall–Kier alpha value is -3.55. The minimum atomic E-state index is -0.669. The monoisotopic (exact) mass is 354 g/mol. The van der Waals surface area contributed by atoms with Crippen molar-refractivity contribution in [2.45, 2.75) is 13.8 Å². The number of benzene rings is 2. The molecule has 0 aliphatic carbocycles. The second-order valence-corrected chi connectivity index (χ2v) is 5.72.